The molecule has 2 aromatic rings. The van der Waals surface area contributed by atoms with Crippen LogP contribution in [0.2, 0.25) is 0 Å². The highest BCUT2D eigenvalue weighted by molar-refractivity contribution is 9.10. The van der Waals surface area contributed by atoms with Crippen LogP contribution in [0.25, 0.3) is 0 Å². The van der Waals surface area contributed by atoms with Crippen LogP contribution in [0.1, 0.15) is 11.1 Å². The topological polar surface area (TPSA) is 100 Å². The third-order valence-electron chi connectivity index (χ3n) is 3.23. The second-order valence-electron chi connectivity index (χ2n) is 5.07. The number of aryl methyl sites for hydroxylation is 1. The molecule has 0 saturated carbocycles. The summed E-state index contributed by atoms with van der Waals surface area (Å²) in [6.45, 7) is 1.47. The van der Waals surface area contributed by atoms with Gasteiger partial charge in [-0.15, -0.1) is 0 Å². The number of amides is 1. The van der Waals surface area contributed by atoms with E-state index < -0.39 is 5.91 Å². The van der Waals surface area contributed by atoms with Gasteiger partial charge < -0.3 is 19.7 Å². The maximum Gasteiger partial charge on any atom is 0.277 e. The number of carbonyl (C=O) groups excluding carboxylic acids is 1. The standard InChI is InChI=1S/C17H17BrN2O5/c1-10-5-11(21)6-15(22)13(10)8-19-20-17(23)9-25-16-4-3-12(24-2)7-14(16)18/h3-8,21-22H,9H2,1-2H3,(H,20,23). The molecular formula is C17H17BrN2O5. The van der Waals surface area contributed by atoms with Gasteiger partial charge in [0, 0.05) is 11.6 Å². The fourth-order valence-corrected chi connectivity index (χ4v) is 2.47. The first-order valence-electron chi connectivity index (χ1n) is 7.21. The molecule has 0 aliphatic heterocycles. The second-order valence-corrected chi connectivity index (χ2v) is 5.93. The molecule has 0 saturated heterocycles. The Bertz CT molecular complexity index is 785. The fourth-order valence-electron chi connectivity index (χ4n) is 2.00. The van der Waals surface area contributed by atoms with E-state index in [9.17, 15) is 15.0 Å². The Morgan fingerprint density at radius 2 is 2.08 bits per heavy atom. The van der Waals surface area contributed by atoms with Gasteiger partial charge in [0.05, 0.1) is 17.8 Å². The number of phenols is 2. The number of hydrogen-bond acceptors (Lipinski definition) is 6. The predicted octanol–water partition coefficient (Wildman–Crippen LogP) is 2.71. The van der Waals surface area contributed by atoms with E-state index >= 15 is 0 Å². The molecule has 132 valence electrons. The van der Waals surface area contributed by atoms with Gasteiger partial charge in [-0.3, -0.25) is 4.79 Å². The number of benzene rings is 2. The number of aromatic hydroxyl groups is 2. The third kappa shape index (κ3) is 5.12. The zero-order valence-corrected chi connectivity index (χ0v) is 15.2. The highest BCUT2D eigenvalue weighted by Gasteiger charge is 2.07. The minimum absolute atomic E-state index is 0.0466. The lowest BCUT2D eigenvalue weighted by molar-refractivity contribution is -0.123. The lowest BCUT2D eigenvalue weighted by atomic mass is 10.1. The number of ether oxygens (including phenoxy) is 2. The lowest BCUT2D eigenvalue weighted by Gasteiger charge is -2.08. The number of methoxy groups -OCH3 is 1. The number of halogens is 1. The van der Waals surface area contributed by atoms with Gasteiger partial charge in [0.15, 0.2) is 6.61 Å². The number of nitrogens with one attached hydrogen (secondary N) is 1. The van der Waals surface area contributed by atoms with E-state index in [1.807, 2.05) is 0 Å². The summed E-state index contributed by atoms with van der Waals surface area (Å²) >= 11 is 3.33. The van der Waals surface area contributed by atoms with Gasteiger partial charge in [0.25, 0.3) is 5.91 Å². The molecule has 0 aliphatic carbocycles. The van der Waals surface area contributed by atoms with E-state index in [-0.39, 0.29) is 18.1 Å². The summed E-state index contributed by atoms with van der Waals surface area (Å²) in [5.74, 6) is 0.516. The first-order valence-corrected chi connectivity index (χ1v) is 8.01. The number of rotatable bonds is 6. The van der Waals surface area contributed by atoms with Gasteiger partial charge in [0.2, 0.25) is 0 Å². The number of nitrogens with zero attached hydrogens (tertiary/aromatic N) is 1. The van der Waals surface area contributed by atoms with Crippen LogP contribution in [0, 0.1) is 6.92 Å². The van der Waals surface area contributed by atoms with Crippen LogP contribution < -0.4 is 14.9 Å². The van der Waals surface area contributed by atoms with Crippen molar-refractivity contribution in [1.29, 1.82) is 0 Å². The summed E-state index contributed by atoms with van der Waals surface area (Å²) in [5, 5.41) is 22.9. The number of hydrazone groups is 1. The molecule has 2 rings (SSSR count). The van der Waals surface area contributed by atoms with Crippen LogP contribution in [0.5, 0.6) is 23.0 Å². The van der Waals surface area contributed by atoms with E-state index in [0.717, 1.165) is 0 Å². The molecule has 0 atom stereocenters. The predicted molar refractivity (Wildman–Crippen MR) is 96.4 cm³/mol. The largest absolute Gasteiger partial charge is 0.508 e. The maximum atomic E-state index is 11.8. The molecule has 0 bridgehead atoms. The quantitative estimate of drug-likeness (QED) is 0.503. The molecule has 0 aromatic heterocycles. The van der Waals surface area contributed by atoms with Crippen molar-refractivity contribution in [3.63, 3.8) is 0 Å². The molecule has 1 amide bonds. The third-order valence-corrected chi connectivity index (χ3v) is 3.85. The fraction of sp³-hybridized carbons (Fsp3) is 0.176. The van der Waals surface area contributed by atoms with Gasteiger partial charge in [-0.25, -0.2) is 5.43 Å². The zero-order valence-electron chi connectivity index (χ0n) is 13.6. The molecule has 0 radical (unpaired) electrons. The molecule has 8 heteroatoms. The summed E-state index contributed by atoms with van der Waals surface area (Å²) in [5.41, 5.74) is 3.32. The lowest BCUT2D eigenvalue weighted by Crippen LogP contribution is -2.24. The Hall–Kier alpha value is -2.74. The van der Waals surface area contributed by atoms with Crippen molar-refractivity contribution >= 4 is 28.1 Å². The molecule has 0 aliphatic rings. The number of hydrogen-bond donors (Lipinski definition) is 3. The van der Waals surface area contributed by atoms with Crippen molar-refractivity contribution in [3.8, 4) is 23.0 Å². The first-order chi connectivity index (χ1) is 11.9. The minimum Gasteiger partial charge on any atom is -0.508 e. The number of carbonyl (C=O) groups is 1. The Morgan fingerprint density at radius 3 is 2.72 bits per heavy atom. The van der Waals surface area contributed by atoms with Crippen LogP contribution in [0.3, 0.4) is 0 Å². The molecule has 3 N–H and O–H groups in total. The van der Waals surface area contributed by atoms with E-state index in [2.05, 4.69) is 26.5 Å². The summed E-state index contributed by atoms with van der Waals surface area (Å²) in [6, 6.07) is 7.79. The van der Waals surface area contributed by atoms with Crippen molar-refractivity contribution in [1.82, 2.24) is 5.43 Å². The van der Waals surface area contributed by atoms with Crippen molar-refractivity contribution in [2.75, 3.05) is 13.7 Å². The average molecular weight is 409 g/mol. The van der Waals surface area contributed by atoms with Gasteiger partial charge >= 0.3 is 0 Å². The zero-order chi connectivity index (χ0) is 18.4. The monoisotopic (exact) mass is 408 g/mol. The van der Waals surface area contributed by atoms with Gasteiger partial charge in [0.1, 0.15) is 23.0 Å². The molecule has 0 fully saturated rings. The molecule has 2 aromatic carbocycles. The first kappa shape index (κ1) is 18.6. The van der Waals surface area contributed by atoms with Crippen molar-refractivity contribution < 1.29 is 24.5 Å². The SMILES string of the molecule is COc1ccc(OCC(=O)NN=Cc2c(C)cc(O)cc2O)c(Br)c1. The highest BCUT2D eigenvalue weighted by atomic mass is 79.9. The summed E-state index contributed by atoms with van der Waals surface area (Å²) in [6.07, 6.45) is 1.30. The normalized spacial score (nSPS) is 10.7. The van der Waals surface area contributed by atoms with Crippen molar-refractivity contribution in [2.24, 2.45) is 5.10 Å². The van der Waals surface area contributed by atoms with E-state index in [4.69, 9.17) is 9.47 Å². The smallest absolute Gasteiger partial charge is 0.277 e. The Balaban J connectivity index is 1.91. The van der Waals surface area contributed by atoms with Gasteiger partial charge in [-0.2, -0.15) is 5.10 Å². The molecular weight excluding hydrogens is 392 g/mol. The molecule has 0 unspecified atom stereocenters. The maximum absolute atomic E-state index is 11.8. The van der Waals surface area contributed by atoms with Crippen molar-refractivity contribution in [3.05, 3.63) is 45.9 Å². The molecule has 0 spiro atoms. The summed E-state index contributed by atoms with van der Waals surface area (Å²) in [4.78, 5) is 11.8. The van der Waals surface area contributed by atoms with E-state index in [1.54, 1.807) is 32.2 Å². The van der Waals surface area contributed by atoms with Crippen LogP contribution in [0.4, 0.5) is 0 Å². The van der Waals surface area contributed by atoms with E-state index in [0.29, 0.717) is 27.1 Å². The Kier molecular flexibility index (Phi) is 6.24. The van der Waals surface area contributed by atoms with Crippen LogP contribution >= 0.6 is 15.9 Å². The highest BCUT2D eigenvalue weighted by Crippen LogP contribution is 2.29. The summed E-state index contributed by atoms with van der Waals surface area (Å²) < 4.78 is 11.1. The Morgan fingerprint density at radius 1 is 1.32 bits per heavy atom. The minimum atomic E-state index is -0.463. The van der Waals surface area contributed by atoms with E-state index in [1.165, 1.54) is 18.3 Å². The number of phenolic OH excluding ortho intramolecular Hbond substituents is 2. The average Bonchev–Trinajstić information content (AvgIpc) is 2.56. The van der Waals surface area contributed by atoms with Crippen LogP contribution in [-0.2, 0) is 4.79 Å². The van der Waals surface area contributed by atoms with Crippen molar-refractivity contribution in [2.45, 2.75) is 6.92 Å². The van der Waals surface area contributed by atoms with Gasteiger partial charge in [-0.05, 0) is 52.7 Å². The Labute approximate surface area is 153 Å². The van der Waals surface area contributed by atoms with Crippen LogP contribution in [0.15, 0.2) is 39.9 Å². The second kappa shape index (κ2) is 8.39. The molecule has 25 heavy (non-hydrogen) atoms. The molecule has 0 heterocycles. The molecule has 7 nitrogen and oxygen atoms in total. The van der Waals surface area contributed by atoms with Crippen LogP contribution in [-0.4, -0.2) is 36.1 Å². The summed E-state index contributed by atoms with van der Waals surface area (Å²) in [7, 11) is 1.56. The van der Waals surface area contributed by atoms with Gasteiger partial charge in [-0.1, -0.05) is 0 Å².